The van der Waals surface area contributed by atoms with E-state index >= 15 is 0 Å². The highest BCUT2D eigenvalue weighted by molar-refractivity contribution is 5.83. The van der Waals surface area contributed by atoms with Crippen molar-refractivity contribution in [2.45, 2.75) is 0 Å². The molecule has 0 N–H and O–H groups in total. The van der Waals surface area contributed by atoms with E-state index in [0.29, 0.717) is 38.4 Å². The first-order valence-corrected chi connectivity index (χ1v) is 6.90. The molecule has 120 valence electrons. The number of nitro groups is 1. The van der Waals surface area contributed by atoms with Crippen molar-refractivity contribution in [3.63, 3.8) is 0 Å². The molecule has 0 unspecified atom stereocenters. The molecule has 1 aromatic carbocycles. The maximum Gasteiger partial charge on any atom is 0.283 e. The van der Waals surface area contributed by atoms with Gasteiger partial charge in [-0.05, 0) is 0 Å². The Hall–Kier alpha value is -2.19. The van der Waals surface area contributed by atoms with Gasteiger partial charge >= 0.3 is 0 Å². The Labute approximate surface area is 127 Å². The second kappa shape index (κ2) is 7.71. The van der Waals surface area contributed by atoms with Crippen molar-refractivity contribution in [3.8, 4) is 11.5 Å². The normalized spacial score (nSPS) is 15.3. The summed E-state index contributed by atoms with van der Waals surface area (Å²) in [5.41, 5.74) is -0.334. The van der Waals surface area contributed by atoms with Crippen LogP contribution in [0.15, 0.2) is 12.1 Å². The van der Waals surface area contributed by atoms with Gasteiger partial charge < -0.3 is 14.2 Å². The zero-order chi connectivity index (χ0) is 15.9. The lowest BCUT2D eigenvalue weighted by Gasteiger charge is -2.26. The molecular formula is C14H18N2O6. The van der Waals surface area contributed by atoms with E-state index in [2.05, 4.69) is 4.90 Å². The summed E-state index contributed by atoms with van der Waals surface area (Å²) in [7, 11) is 1.42. The number of hydrogen-bond acceptors (Lipinski definition) is 7. The molecule has 1 fully saturated rings. The number of carbonyl (C=O) groups excluding carboxylic acids is 1. The third-order valence-corrected chi connectivity index (χ3v) is 3.41. The molecule has 1 aliphatic heterocycles. The minimum atomic E-state index is -0.613. The maximum absolute atomic E-state index is 11.0. The lowest BCUT2D eigenvalue weighted by Crippen LogP contribution is -2.38. The minimum Gasteiger partial charge on any atom is -0.493 e. The molecule has 0 aromatic heterocycles. The molecule has 0 aliphatic carbocycles. The van der Waals surface area contributed by atoms with Crippen LogP contribution in [0, 0.1) is 10.1 Å². The molecule has 0 saturated carbocycles. The average molecular weight is 310 g/mol. The third-order valence-electron chi connectivity index (χ3n) is 3.41. The van der Waals surface area contributed by atoms with E-state index in [1.807, 2.05) is 0 Å². The van der Waals surface area contributed by atoms with Crippen LogP contribution in [0.3, 0.4) is 0 Å². The summed E-state index contributed by atoms with van der Waals surface area (Å²) in [5, 5.41) is 11.0. The standard InChI is InChI=1S/C14H18N2O6/c1-20-13-8-11(10-17)12(16(18)19)9-14(13)22-7-4-15-2-5-21-6-3-15/h8-10H,2-7H2,1H3. The molecule has 0 amide bonds. The zero-order valence-corrected chi connectivity index (χ0v) is 12.3. The summed E-state index contributed by atoms with van der Waals surface area (Å²) >= 11 is 0. The number of aldehydes is 1. The summed E-state index contributed by atoms with van der Waals surface area (Å²) in [6.07, 6.45) is 0.429. The first kappa shape index (κ1) is 16.2. The lowest BCUT2D eigenvalue weighted by molar-refractivity contribution is -0.385. The van der Waals surface area contributed by atoms with Gasteiger partial charge in [0.25, 0.3) is 5.69 Å². The fourth-order valence-electron chi connectivity index (χ4n) is 2.20. The predicted molar refractivity (Wildman–Crippen MR) is 77.8 cm³/mol. The van der Waals surface area contributed by atoms with Crippen LogP contribution in [0.1, 0.15) is 10.4 Å². The number of ether oxygens (including phenoxy) is 3. The van der Waals surface area contributed by atoms with Crippen LogP contribution >= 0.6 is 0 Å². The van der Waals surface area contributed by atoms with E-state index < -0.39 is 4.92 Å². The monoisotopic (exact) mass is 310 g/mol. The number of nitrogens with zero attached hydrogens (tertiary/aromatic N) is 2. The molecule has 2 rings (SSSR count). The molecule has 0 spiro atoms. The Morgan fingerprint density at radius 2 is 2.09 bits per heavy atom. The van der Waals surface area contributed by atoms with E-state index in [9.17, 15) is 14.9 Å². The van der Waals surface area contributed by atoms with Crippen molar-refractivity contribution in [2.75, 3.05) is 46.6 Å². The first-order chi connectivity index (χ1) is 10.7. The number of nitro benzene ring substituents is 1. The highest BCUT2D eigenvalue weighted by Crippen LogP contribution is 2.33. The minimum absolute atomic E-state index is 0.0395. The Morgan fingerprint density at radius 1 is 1.36 bits per heavy atom. The van der Waals surface area contributed by atoms with Crippen LogP contribution in [-0.4, -0.2) is 62.7 Å². The van der Waals surface area contributed by atoms with Crippen LogP contribution in [0.4, 0.5) is 5.69 Å². The SMILES string of the molecule is COc1cc(C=O)c([N+](=O)[O-])cc1OCCN1CCOCC1. The van der Waals surface area contributed by atoms with Crippen LogP contribution in [0.5, 0.6) is 11.5 Å². The topological polar surface area (TPSA) is 91.1 Å². The largest absolute Gasteiger partial charge is 0.493 e. The Kier molecular flexibility index (Phi) is 5.68. The van der Waals surface area contributed by atoms with Gasteiger partial charge in [-0.25, -0.2) is 0 Å². The molecule has 0 bridgehead atoms. The van der Waals surface area contributed by atoms with Crippen molar-refractivity contribution in [2.24, 2.45) is 0 Å². The second-order valence-electron chi connectivity index (χ2n) is 4.74. The van der Waals surface area contributed by atoms with Gasteiger partial charge in [0.2, 0.25) is 0 Å². The van der Waals surface area contributed by atoms with Crippen LogP contribution in [0.2, 0.25) is 0 Å². The third kappa shape index (κ3) is 3.92. The van der Waals surface area contributed by atoms with Crippen LogP contribution < -0.4 is 9.47 Å². The Bertz CT molecular complexity index is 542. The maximum atomic E-state index is 11.0. The summed E-state index contributed by atoms with van der Waals surface area (Å²) in [6, 6.07) is 2.54. The van der Waals surface area contributed by atoms with Crippen molar-refractivity contribution < 1.29 is 23.9 Å². The van der Waals surface area contributed by atoms with Gasteiger partial charge in [-0.1, -0.05) is 0 Å². The predicted octanol–water partition coefficient (Wildman–Crippen LogP) is 1.13. The molecule has 8 nitrogen and oxygen atoms in total. The van der Waals surface area contributed by atoms with Crippen molar-refractivity contribution in [3.05, 3.63) is 27.8 Å². The van der Waals surface area contributed by atoms with Gasteiger partial charge in [-0.3, -0.25) is 19.8 Å². The fraction of sp³-hybridized carbons (Fsp3) is 0.500. The highest BCUT2D eigenvalue weighted by atomic mass is 16.6. The molecule has 1 aromatic rings. The number of hydrogen-bond donors (Lipinski definition) is 0. The molecule has 0 atom stereocenters. The van der Waals surface area contributed by atoms with E-state index in [0.717, 1.165) is 13.1 Å². The van der Waals surface area contributed by atoms with Gasteiger partial charge in [-0.2, -0.15) is 0 Å². The van der Waals surface area contributed by atoms with E-state index in [1.54, 1.807) is 0 Å². The van der Waals surface area contributed by atoms with Crippen molar-refractivity contribution in [1.82, 2.24) is 4.90 Å². The van der Waals surface area contributed by atoms with E-state index in [1.165, 1.54) is 19.2 Å². The smallest absolute Gasteiger partial charge is 0.283 e. The number of rotatable bonds is 7. The average Bonchev–Trinajstić information content (AvgIpc) is 2.55. The van der Waals surface area contributed by atoms with Crippen LogP contribution in [-0.2, 0) is 4.74 Å². The summed E-state index contributed by atoms with van der Waals surface area (Å²) in [6.45, 7) is 4.13. The summed E-state index contributed by atoms with van der Waals surface area (Å²) < 4.78 is 16.0. The van der Waals surface area contributed by atoms with Gasteiger partial charge in [0.1, 0.15) is 6.61 Å². The first-order valence-electron chi connectivity index (χ1n) is 6.90. The Balaban J connectivity index is 2.06. The molecule has 8 heteroatoms. The van der Waals surface area contributed by atoms with Crippen molar-refractivity contribution >= 4 is 12.0 Å². The van der Waals surface area contributed by atoms with Gasteiger partial charge in [0.05, 0.1) is 36.9 Å². The van der Waals surface area contributed by atoms with Gasteiger partial charge in [0.15, 0.2) is 17.8 Å². The molecular weight excluding hydrogens is 292 g/mol. The van der Waals surface area contributed by atoms with Gasteiger partial charge in [0, 0.05) is 25.7 Å². The number of morpholine rings is 1. The van der Waals surface area contributed by atoms with E-state index in [-0.39, 0.29) is 17.0 Å². The number of methoxy groups -OCH3 is 1. The van der Waals surface area contributed by atoms with Gasteiger partial charge in [-0.15, -0.1) is 0 Å². The molecule has 22 heavy (non-hydrogen) atoms. The van der Waals surface area contributed by atoms with E-state index in [4.69, 9.17) is 14.2 Å². The summed E-state index contributed by atoms with van der Waals surface area (Å²) in [4.78, 5) is 23.5. The quantitative estimate of drug-likeness (QED) is 0.423. The number of carbonyl (C=O) groups is 1. The molecule has 1 aliphatic rings. The lowest BCUT2D eigenvalue weighted by atomic mass is 10.1. The zero-order valence-electron chi connectivity index (χ0n) is 12.3. The Morgan fingerprint density at radius 3 is 2.68 bits per heavy atom. The molecule has 1 heterocycles. The number of benzene rings is 1. The van der Waals surface area contributed by atoms with Crippen LogP contribution in [0.25, 0.3) is 0 Å². The fourth-order valence-corrected chi connectivity index (χ4v) is 2.20. The second-order valence-corrected chi connectivity index (χ2v) is 4.74. The summed E-state index contributed by atoms with van der Waals surface area (Å²) in [5.74, 6) is 0.558. The van der Waals surface area contributed by atoms with Crippen molar-refractivity contribution in [1.29, 1.82) is 0 Å². The highest BCUT2D eigenvalue weighted by Gasteiger charge is 2.19. The molecule has 1 saturated heterocycles. The molecule has 0 radical (unpaired) electrons.